The maximum Gasteiger partial charge on any atom is 0.308 e. The molecule has 0 fully saturated rings. The van der Waals surface area contributed by atoms with Gasteiger partial charge in [-0.3, -0.25) is 9.59 Å². The summed E-state index contributed by atoms with van der Waals surface area (Å²) in [6.07, 6.45) is 34.7. The molecule has 0 aliphatic rings. The molecule has 0 aromatic rings. The third kappa shape index (κ3) is 33.7. The lowest BCUT2D eigenvalue weighted by atomic mass is 9.94. The summed E-state index contributed by atoms with van der Waals surface area (Å²) >= 11 is 0. The molecule has 0 saturated heterocycles. The van der Waals surface area contributed by atoms with Crippen molar-refractivity contribution in [3.8, 4) is 0 Å². The fourth-order valence-corrected chi connectivity index (χ4v) is 6.79. The van der Waals surface area contributed by atoms with Gasteiger partial charge in [-0.25, -0.2) is 0 Å². The van der Waals surface area contributed by atoms with Crippen LogP contribution in [0.4, 0.5) is 0 Å². The van der Waals surface area contributed by atoms with Crippen LogP contribution >= 0.6 is 0 Å². The highest BCUT2D eigenvalue weighted by Crippen LogP contribution is 2.21. The molecule has 1 atom stereocenters. The summed E-state index contributed by atoms with van der Waals surface area (Å²) in [7, 11) is 0. The first kappa shape index (κ1) is 47.9. The minimum atomic E-state index is -0.0376. The van der Waals surface area contributed by atoms with E-state index in [1.165, 1.54) is 103 Å². The molecule has 0 radical (unpaired) electrons. The van der Waals surface area contributed by atoms with E-state index in [-0.39, 0.29) is 30.6 Å². The number of ether oxygens (including phenoxy) is 2. The third-order valence-electron chi connectivity index (χ3n) is 10.1. The zero-order chi connectivity index (χ0) is 36.0. The average Bonchev–Trinajstić information content (AvgIpc) is 3.09. The lowest BCUT2D eigenvalue weighted by Crippen LogP contribution is -2.29. The second kappa shape index (κ2) is 38.1. The van der Waals surface area contributed by atoms with Crippen molar-refractivity contribution in [3.63, 3.8) is 0 Å². The number of unbranched alkanes of at least 4 members (excludes halogenated alkanes) is 21. The van der Waals surface area contributed by atoms with Crippen LogP contribution in [0.5, 0.6) is 0 Å². The molecule has 0 aromatic carbocycles. The Labute approximate surface area is 305 Å². The van der Waals surface area contributed by atoms with Crippen LogP contribution in [0.15, 0.2) is 0 Å². The maximum atomic E-state index is 12.9. The van der Waals surface area contributed by atoms with Crippen molar-refractivity contribution in [1.29, 1.82) is 0 Å². The highest BCUT2D eigenvalue weighted by atomic mass is 16.5. The average molecular weight is 696 g/mol. The normalized spacial score (nSPS) is 12.2. The predicted octanol–water partition coefficient (Wildman–Crippen LogP) is 12.1. The van der Waals surface area contributed by atoms with Crippen molar-refractivity contribution >= 4 is 11.9 Å². The minimum Gasteiger partial charge on any atom is -0.465 e. The Morgan fingerprint density at radius 3 is 1.49 bits per heavy atom. The molecule has 0 spiro atoms. The van der Waals surface area contributed by atoms with E-state index in [2.05, 4.69) is 25.7 Å². The summed E-state index contributed by atoms with van der Waals surface area (Å²) in [5, 5.41) is 9.54. The van der Waals surface area contributed by atoms with Gasteiger partial charge in [0.2, 0.25) is 0 Å². The summed E-state index contributed by atoms with van der Waals surface area (Å²) in [5.74, 6) is 0.115. The van der Waals surface area contributed by atoms with Gasteiger partial charge in [0, 0.05) is 13.0 Å². The largest absolute Gasteiger partial charge is 0.465 e. The van der Waals surface area contributed by atoms with Gasteiger partial charge in [0.05, 0.1) is 25.2 Å². The van der Waals surface area contributed by atoms with Gasteiger partial charge in [-0.2, -0.15) is 0 Å². The molecule has 292 valence electrons. The van der Waals surface area contributed by atoms with E-state index < -0.39 is 0 Å². The first-order valence-electron chi connectivity index (χ1n) is 21.7. The van der Waals surface area contributed by atoms with Crippen molar-refractivity contribution in [1.82, 2.24) is 4.90 Å². The molecular formula is C43H85NO5. The molecule has 0 aliphatic heterocycles. The lowest BCUT2D eigenvalue weighted by Gasteiger charge is -2.21. The molecule has 0 saturated carbocycles. The van der Waals surface area contributed by atoms with Crippen LogP contribution in [-0.2, 0) is 19.1 Å². The van der Waals surface area contributed by atoms with Gasteiger partial charge in [-0.15, -0.1) is 0 Å². The summed E-state index contributed by atoms with van der Waals surface area (Å²) < 4.78 is 11.4. The summed E-state index contributed by atoms with van der Waals surface area (Å²) in [4.78, 5) is 27.4. The number of nitrogens with zero attached hydrogens (tertiary/aromatic N) is 1. The van der Waals surface area contributed by atoms with Gasteiger partial charge < -0.3 is 19.5 Å². The van der Waals surface area contributed by atoms with Gasteiger partial charge in [0.25, 0.3) is 0 Å². The molecule has 0 aliphatic carbocycles. The van der Waals surface area contributed by atoms with E-state index in [1.54, 1.807) is 0 Å². The smallest absolute Gasteiger partial charge is 0.308 e. The van der Waals surface area contributed by atoms with Crippen molar-refractivity contribution in [2.75, 3.05) is 32.8 Å². The van der Waals surface area contributed by atoms with Gasteiger partial charge in [0.15, 0.2) is 0 Å². The van der Waals surface area contributed by atoms with Crippen molar-refractivity contribution in [2.45, 2.75) is 226 Å². The van der Waals surface area contributed by atoms with Gasteiger partial charge in [0.1, 0.15) is 0 Å². The second-order valence-electron chi connectivity index (χ2n) is 15.0. The number of aliphatic hydroxyl groups is 1. The van der Waals surface area contributed by atoms with Crippen LogP contribution < -0.4 is 0 Å². The molecule has 6 heteroatoms. The van der Waals surface area contributed by atoms with E-state index >= 15 is 0 Å². The Bertz CT molecular complexity index is 686. The van der Waals surface area contributed by atoms with Crippen LogP contribution in [0.2, 0.25) is 0 Å². The molecule has 1 unspecified atom stereocenters. The van der Waals surface area contributed by atoms with E-state index in [0.29, 0.717) is 13.0 Å². The number of carbonyl (C=O) groups excluding carboxylic acids is 2. The van der Waals surface area contributed by atoms with E-state index in [4.69, 9.17) is 9.47 Å². The van der Waals surface area contributed by atoms with Gasteiger partial charge >= 0.3 is 11.9 Å². The highest BCUT2D eigenvalue weighted by molar-refractivity contribution is 5.72. The standard InChI is InChI=1S/C43H85NO5/c1-5-8-11-14-18-25-32-41(33-26-19-15-12-9-6-2)43(47)48-39-30-23-17-22-29-36-44(37-38-45)35-28-21-16-20-27-34-42(46)49-40(4)31-24-13-10-7-3/h40-41,45H,5-39H2,1-4H3. The second-order valence-corrected chi connectivity index (χ2v) is 15.0. The molecule has 0 heterocycles. The summed E-state index contributed by atoms with van der Waals surface area (Å²) in [6, 6.07) is 0. The topological polar surface area (TPSA) is 76.1 Å². The number of rotatable bonds is 39. The van der Waals surface area contributed by atoms with Gasteiger partial charge in [-0.1, -0.05) is 156 Å². The molecule has 0 amide bonds. The van der Waals surface area contributed by atoms with Crippen LogP contribution in [0.25, 0.3) is 0 Å². The van der Waals surface area contributed by atoms with E-state index in [1.807, 2.05) is 6.92 Å². The van der Waals surface area contributed by atoms with Crippen LogP contribution in [0.3, 0.4) is 0 Å². The Morgan fingerprint density at radius 2 is 0.959 bits per heavy atom. The molecule has 6 nitrogen and oxygen atoms in total. The van der Waals surface area contributed by atoms with Crippen LogP contribution in [0, 0.1) is 5.92 Å². The zero-order valence-electron chi connectivity index (χ0n) is 33.4. The summed E-state index contributed by atoms with van der Waals surface area (Å²) in [5.41, 5.74) is 0. The lowest BCUT2D eigenvalue weighted by molar-refractivity contribution is -0.150. The van der Waals surface area contributed by atoms with Crippen LogP contribution in [0.1, 0.15) is 220 Å². The van der Waals surface area contributed by atoms with Crippen molar-refractivity contribution in [2.24, 2.45) is 5.92 Å². The molecule has 0 bridgehead atoms. The zero-order valence-corrected chi connectivity index (χ0v) is 33.4. The van der Waals surface area contributed by atoms with E-state index in [0.717, 1.165) is 103 Å². The number of hydrogen-bond donors (Lipinski definition) is 1. The Balaban J connectivity index is 4.01. The van der Waals surface area contributed by atoms with Crippen molar-refractivity contribution in [3.05, 3.63) is 0 Å². The Morgan fingerprint density at radius 1 is 0.531 bits per heavy atom. The third-order valence-corrected chi connectivity index (χ3v) is 10.1. The fraction of sp³-hybridized carbons (Fsp3) is 0.953. The quantitative estimate of drug-likeness (QED) is 0.0509. The maximum absolute atomic E-state index is 12.9. The molecule has 0 rings (SSSR count). The first-order valence-corrected chi connectivity index (χ1v) is 21.7. The van der Waals surface area contributed by atoms with Crippen LogP contribution in [-0.4, -0.2) is 60.9 Å². The number of aliphatic hydroxyl groups excluding tert-OH is 1. The minimum absolute atomic E-state index is 0.0376. The molecule has 49 heavy (non-hydrogen) atoms. The predicted molar refractivity (Wildman–Crippen MR) is 209 cm³/mol. The van der Waals surface area contributed by atoms with E-state index in [9.17, 15) is 14.7 Å². The highest BCUT2D eigenvalue weighted by Gasteiger charge is 2.19. The monoisotopic (exact) mass is 696 g/mol. The number of hydrogen-bond acceptors (Lipinski definition) is 6. The number of esters is 2. The van der Waals surface area contributed by atoms with Gasteiger partial charge in [-0.05, 0) is 71.4 Å². The molecular weight excluding hydrogens is 610 g/mol. The summed E-state index contributed by atoms with van der Waals surface area (Å²) in [6.45, 7) is 12.3. The fourth-order valence-electron chi connectivity index (χ4n) is 6.79. The SMILES string of the molecule is CCCCCCCCC(CCCCCCCC)C(=O)OCCCCCCCN(CCO)CCCCCCCC(=O)OC(C)CCCCCC. The Kier molecular flexibility index (Phi) is 37.2. The number of carbonyl (C=O) groups is 2. The molecule has 0 aromatic heterocycles. The van der Waals surface area contributed by atoms with Crippen molar-refractivity contribution < 1.29 is 24.2 Å². The Hall–Kier alpha value is -1.14. The molecule has 1 N–H and O–H groups in total. The first-order chi connectivity index (χ1) is 24.0.